The zero-order valence-corrected chi connectivity index (χ0v) is 15.1. The van der Waals surface area contributed by atoms with Crippen molar-refractivity contribution in [1.82, 2.24) is 4.98 Å². The molecule has 2 heterocycles. The molecule has 6 nitrogen and oxygen atoms in total. The molecule has 140 valence electrons. The molecule has 6 heteroatoms. The van der Waals surface area contributed by atoms with E-state index in [0.29, 0.717) is 48.0 Å². The van der Waals surface area contributed by atoms with E-state index in [1.54, 1.807) is 36.5 Å². The molecule has 0 saturated carbocycles. The van der Waals surface area contributed by atoms with Gasteiger partial charge in [-0.05, 0) is 35.9 Å². The van der Waals surface area contributed by atoms with Gasteiger partial charge < -0.3 is 15.2 Å². The summed E-state index contributed by atoms with van der Waals surface area (Å²) < 4.78 is 11.5. The number of ketones is 1. The Balaban J connectivity index is 1.56. The molecule has 1 amide bonds. The van der Waals surface area contributed by atoms with E-state index >= 15 is 0 Å². The van der Waals surface area contributed by atoms with Gasteiger partial charge in [0.05, 0.1) is 12.2 Å². The molecule has 28 heavy (non-hydrogen) atoms. The molecule has 3 aromatic rings. The van der Waals surface area contributed by atoms with Crippen LogP contribution in [0.25, 0.3) is 0 Å². The van der Waals surface area contributed by atoms with Crippen molar-refractivity contribution in [3.05, 3.63) is 83.0 Å². The molecule has 0 fully saturated rings. The Morgan fingerprint density at radius 1 is 1.14 bits per heavy atom. The fourth-order valence-corrected chi connectivity index (χ4v) is 3.07. The van der Waals surface area contributed by atoms with Gasteiger partial charge in [0.2, 0.25) is 11.8 Å². The minimum Gasteiger partial charge on any atom is -0.492 e. The second-order valence-corrected chi connectivity index (χ2v) is 6.49. The highest BCUT2D eigenvalue weighted by atomic mass is 16.5. The Labute approximate surface area is 161 Å². The maximum Gasteiger partial charge on any atom is 0.248 e. The number of benzene rings is 2. The average molecular weight is 374 g/mol. The first-order valence-electron chi connectivity index (χ1n) is 8.91. The lowest BCUT2D eigenvalue weighted by Crippen LogP contribution is -2.15. The van der Waals surface area contributed by atoms with Crippen molar-refractivity contribution >= 4 is 11.7 Å². The maximum absolute atomic E-state index is 11.9. The zero-order chi connectivity index (χ0) is 19.5. The summed E-state index contributed by atoms with van der Waals surface area (Å²) in [7, 11) is 0. The van der Waals surface area contributed by atoms with E-state index in [4.69, 9.17) is 15.2 Å². The SMILES string of the molecule is NC(=O)c1ccc(Cc2cccnc2Oc2ccc3c(c2)OCCC3=O)cc1. The van der Waals surface area contributed by atoms with Gasteiger partial charge in [-0.15, -0.1) is 0 Å². The van der Waals surface area contributed by atoms with Gasteiger partial charge >= 0.3 is 0 Å². The Morgan fingerprint density at radius 3 is 2.75 bits per heavy atom. The molecule has 0 saturated heterocycles. The number of fused-ring (bicyclic) bond motifs is 1. The van der Waals surface area contributed by atoms with E-state index in [1.165, 1.54) is 0 Å². The normalized spacial score (nSPS) is 12.8. The third-order valence-corrected chi connectivity index (χ3v) is 4.54. The first-order chi connectivity index (χ1) is 13.6. The molecule has 0 spiro atoms. The van der Waals surface area contributed by atoms with Gasteiger partial charge in [-0.2, -0.15) is 0 Å². The summed E-state index contributed by atoms with van der Waals surface area (Å²) in [6, 6.07) is 16.1. The van der Waals surface area contributed by atoms with Crippen LogP contribution in [0, 0.1) is 0 Å². The number of nitrogens with zero attached hydrogens (tertiary/aromatic N) is 1. The predicted molar refractivity (Wildman–Crippen MR) is 103 cm³/mol. The number of Topliss-reactive ketones (excluding diaryl/α,β-unsaturated/α-hetero) is 1. The van der Waals surface area contributed by atoms with E-state index in [9.17, 15) is 9.59 Å². The monoisotopic (exact) mass is 374 g/mol. The van der Waals surface area contributed by atoms with Gasteiger partial charge in [-0.1, -0.05) is 18.2 Å². The number of primary amides is 1. The van der Waals surface area contributed by atoms with Crippen molar-refractivity contribution < 1.29 is 19.1 Å². The number of aromatic nitrogens is 1. The van der Waals surface area contributed by atoms with Gasteiger partial charge in [0.25, 0.3) is 0 Å². The summed E-state index contributed by atoms with van der Waals surface area (Å²) in [6.45, 7) is 0.380. The molecule has 0 aliphatic carbocycles. The van der Waals surface area contributed by atoms with E-state index in [-0.39, 0.29) is 5.78 Å². The Kier molecular flexibility index (Phi) is 4.76. The van der Waals surface area contributed by atoms with Crippen LogP contribution in [-0.2, 0) is 6.42 Å². The largest absolute Gasteiger partial charge is 0.492 e. The summed E-state index contributed by atoms with van der Waals surface area (Å²) in [4.78, 5) is 27.5. The number of rotatable bonds is 5. The van der Waals surface area contributed by atoms with Gasteiger partial charge in [0.15, 0.2) is 5.78 Å². The van der Waals surface area contributed by atoms with Crippen LogP contribution in [0.3, 0.4) is 0 Å². The summed E-state index contributed by atoms with van der Waals surface area (Å²) in [5.41, 5.74) is 8.22. The van der Waals surface area contributed by atoms with Gasteiger partial charge in [-0.3, -0.25) is 9.59 Å². The quantitative estimate of drug-likeness (QED) is 0.738. The Bertz CT molecular complexity index is 1040. The molecule has 1 aliphatic heterocycles. The molecule has 1 aliphatic rings. The van der Waals surface area contributed by atoms with Crippen LogP contribution >= 0.6 is 0 Å². The molecular weight excluding hydrogens is 356 g/mol. The minimum absolute atomic E-state index is 0.0748. The Hall–Kier alpha value is -3.67. The molecule has 2 aromatic carbocycles. The number of ether oxygens (including phenoxy) is 2. The van der Waals surface area contributed by atoms with Crippen molar-refractivity contribution in [3.8, 4) is 17.4 Å². The number of nitrogens with two attached hydrogens (primary N) is 1. The molecule has 0 atom stereocenters. The molecule has 0 bridgehead atoms. The van der Waals surface area contributed by atoms with Crippen LogP contribution in [0.15, 0.2) is 60.8 Å². The minimum atomic E-state index is -0.454. The number of hydrogen-bond donors (Lipinski definition) is 1. The third-order valence-electron chi connectivity index (χ3n) is 4.54. The molecule has 0 unspecified atom stereocenters. The summed E-state index contributed by atoms with van der Waals surface area (Å²) in [5, 5.41) is 0. The molecule has 1 aromatic heterocycles. The summed E-state index contributed by atoms with van der Waals surface area (Å²) >= 11 is 0. The average Bonchev–Trinajstić information content (AvgIpc) is 2.70. The standard InChI is InChI=1S/C22H18N2O4/c23-21(26)15-5-3-14(4-6-15)12-16-2-1-10-24-22(16)28-17-7-8-18-19(25)9-11-27-20(18)13-17/h1-8,10,13H,9,11-12H2,(H2,23,26). The van der Waals surface area contributed by atoms with Crippen molar-refractivity contribution in [1.29, 1.82) is 0 Å². The predicted octanol–water partition coefficient (Wildman–Crippen LogP) is 3.53. The molecule has 0 radical (unpaired) electrons. The topological polar surface area (TPSA) is 91.5 Å². The number of carbonyl (C=O) groups is 2. The van der Waals surface area contributed by atoms with E-state index < -0.39 is 5.91 Å². The van der Waals surface area contributed by atoms with Crippen LogP contribution in [-0.4, -0.2) is 23.3 Å². The van der Waals surface area contributed by atoms with Crippen molar-refractivity contribution in [2.75, 3.05) is 6.61 Å². The lowest BCUT2D eigenvalue weighted by molar-refractivity contribution is 0.0932. The van der Waals surface area contributed by atoms with Gasteiger partial charge in [0, 0.05) is 36.2 Å². The second-order valence-electron chi connectivity index (χ2n) is 6.49. The highest BCUT2D eigenvalue weighted by Crippen LogP contribution is 2.32. The number of pyridine rings is 1. The second kappa shape index (κ2) is 7.52. The summed E-state index contributed by atoms with van der Waals surface area (Å²) in [6.07, 6.45) is 2.64. The van der Waals surface area contributed by atoms with E-state index in [1.807, 2.05) is 24.3 Å². The fraction of sp³-hybridized carbons (Fsp3) is 0.136. The van der Waals surface area contributed by atoms with Crippen LogP contribution in [0.1, 0.15) is 38.3 Å². The van der Waals surface area contributed by atoms with Gasteiger partial charge in [0.1, 0.15) is 11.5 Å². The lowest BCUT2D eigenvalue weighted by Gasteiger charge is -2.17. The maximum atomic E-state index is 11.9. The zero-order valence-electron chi connectivity index (χ0n) is 15.1. The smallest absolute Gasteiger partial charge is 0.248 e. The van der Waals surface area contributed by atoms with E-state index in [0.717, 1.165) is 11.1 Å². The van der Waals surface area contributed by atoms with Crippen LogP contribution in [0.4, 0.5) is 0 Å². The number of hydrogen-bond acceptors (Lipinski definition) is 5. The van der Waals surface area contributed by atoms with Crippen LogP contribution in [0.2, 0.25) is 0 Å². The van der Waals surface area contributed by atoms with Crippen LogP contribution < -0.4 is 15.2 Å². The summed E-state index contributed by atoms with van der Waals surface area (Å²) in [5.74, 6) is 1.19. The lowest BCUT2D eigenvalue weighted by atomic mass is 10.0. The third kappa shape index (κ3) is 3.71. The van der Waals surface area contributed by atoms with Crippen molar-refractivity contribution in [3.63, 3.8) is 0 Å². The van der Waals surface area contributed by atoms with Crippen molar-refractivity contribution in [2.45, 2.75) is 12.8 Å². The van der Waals surface area contributed by atoms with E-state index in [2.05, 4.69) is 4.98 Å². The first kappa shape index (κ1) is 17.7. The molecular formula is C22H18N2O4. The van der Waals surface area contributed by atoms with Gasteiger partial charge in [-0.25, -0.2) is 4.98 Å². The fourth-order valence-electron chi connectivity index (χ4n) is 3.07. The Morgan fingerprint density at radius 2 is 1.96 bits per heavy atom. The molecule has 4 rings (SSSR count). The number of amides is 1. The number of carbonyl (C=O) groups excluding carboxylic acids is 2. The van der Waals surface area contributed by atoms with Crippen molar-refractivity contribution in [2.24, 2.45) is 5.73 Å². The molecule has 2 N–H and O–H groups in total. The highest BCUT2D eigenvalue weighted by molar-refractivity contribution is 5.99. The van der Waals surface area contributed by atoms with Crippen LogP contribution in [0.5, 0.6) is 17.4 Å². The highest BCUT2D eigenvalue weighted by Gasteiger charge is 2.19. The first-order valence-corrected chi connectivity index (χ1v) is 8.91.